The molecule has 1 amide bonds. The Balaban J connectivity index is 1.84. The summed E-state index contributed by atoms with van der Waals surface area (Å²) in [6, 6.07) is 14.1. The van der Waals surface area contributed by atoms with Gasteiger partial charge in [0.05, 0.1) is 17.0 Å². The third-order valence-corrected chi connectivity index (χ3v) is 5.46. The zero-order valence-electron chi connectivity index (χ0n) is 16.2. The van der Waals surface area contributed by atoms with Gasteiger partial charge in [-0.1, -0.05) is 35.5 Å². The molecule has 0 fully saturated rings. The predicted molar refractivity (Wildman–Crippen MR) is 108 cm³/mol. The van der Waals surface area contributed by atoms with E-state index in [1.807, 2.05) is 50.2 Å². The van der Waals surface area contributed by atoms with Crippen LogP contribution >= 0.6 is 0 Å². The molecule has 0 N–H and O–H groups in total. The van der Waals surface area contributed by atoms with E-state index in [0.717, 1.165) is 16.7 Å². The van der Waals surface area contributed by atoms with E-state index in [0.29, 0.717) is 28.1 Å². The number of hydrogen-bond donors (Lipinski definition) is 0. The second-order valence-corrected chi connectivity index (χ2v) is 7.39. The first-order valence-electron chi connectivity index (χ1n) is 9.35. The number of rotatable bonds is 2. The summed E-state index contributed by atoms with van der Waals surface area (Å²) in [5.41, 5.74) is 3.33. The number of carbonyl (C=O) groups is 1. The highest BCUT2D eigenvalue weighted by atomic mass is 16.5. The predicted octanol–water partition coefficient (Wildman–Crippen LogP) is 4.46. The summed E-state index contributed by atoms with van der Waals surface area (Å²) in [6.07, 6.45) is 0. The van der Waals surface area contributed by atoms with Gasteiger partial charge in [0.1, 0.15) is 11.3 Å². The number of benzene rings is 2. The zero-order valence-corrected chi connectivity index (χ0v) is 16.2. The van der Waals surface area contributed by atoms with Gasteiger partial charge in [0.15, 0.2) is 11.2 Å². The first kappa shape index (κ1) is 17.4. The van der Waals surface area contributed by atoms with Gasteiger partial charge in [-0.15, -0.1) is 0 Å². The maximum atomic E-state index is 13.5. The van der Waals surface area contributed by atoms with Gasteiger partial charge < -0.3 is 8.94 Å². The standard InChI is InChI=1S/C23H18N2O4/c1-12-9-16-17(10-13(12)2)28-22-19(21(16)26)20(15-7-5-4-6-8-15)25(23(22)27)18-11-14(3)29-24-18/h4-11,20H,1-3H3/t20-/m1/s1. The van der Waals surface area contributed by atoms with Gasteiger partial charge in [0, 0.05) is 6.07 Å². The summed E-state index contributed by atoms with van der Waals surface area (Å²) in [5.74, 6) is 0.578. The zero-order chi connectivity index (χ0) is 20.3. The number of fused-ring (bicyclic) bond motifs is 2. The molecule has 1 aliphatic heterocycles. The van der Waals surface area contributed by atoms with Gasteiger partial charge in [0.25, 0.3) is 5.91 Å². The Bertz CT molecular complexity index is 1330. The molecule has 0 aliphatic carbocycles. The molecule has 6 nitrogen and oxygen atoms in total. The summed E-state index contributed by atoms with van der Waals surface area (Å²) >= 11 is 0. The highest BCUT2D eigenvalue weighted by Gasteiger charge is 2.44. The van der Waals surface area contributed by atoms with Gasteiger partial charge in [-0.2, -0.15) is 0 Å². The monoisotopic (exact) mass is 386 g/mol. The normalized spacial score (nSPS) is 15.9. The average molecular weight is 386 g/mol. The molecule has 2 aromatic carbocycles. The maximum Gasteiger partial charge on any atom is 0.296 e. The van der Waals surface area contributed by atoms with Crippen LogP contribution in [-0.4, -0.2) is 11.1 Å². The highest BCUT2D eigenvalue weighted by molar-refractivity contribution is 6.10. The summed E-state index contributed by atoms with van der Waals surface area (Å²) < 4.78 is 11.2. The first-order valence-corrected chi connectivity index (χ1v) is 9.35. The molecule has 0 saturated carbocycles. The van der Waals surface area contributed by atoms with Crippen LogP contribution in [0.3, 0.4) is 0 Å². The van der Waals surface area contributed by atoms with Crippen molar-refractivity contribution >= 4 is 22.7 Å². The summed E-state index contributed by atoms with van der Waals surface area (Å²) in [4.78, 5) is 28.3. The average Bonchev–Trinajstić information content (AvgIpc) is 3.26. The van der Waals surface area contributed by atoms with E-state index in [-0.39, 0.29) is 11.2 Å². The minimum Gasteiger partial charge on any atom is -0.450 e. The molecule has 1 aliphatic rings. The minimum absolute atomic E-state index is 0.0558. The quantitative estimate of drug-likeness (QED) is 0.508. The largest absolute Gasteiger partial charge is 0.450 e. The van der Waals surface area contributed by atoms with Crippen LogP contribution in [0.15, 0.2) is 62.3 Å². The summed E-state index contributed by atoms with van der Waals surface area (Å²) in [5, 5.41) is 4.49. The molecular weight excluding hydrogens is 368 g/mol. The van der Waals surface area contributed by atoms with Crippen LogP contribution in [0.1, 0.15) is 44.6 Å². The highest BCUT2D eigenvalue weighted by Crippen LogP contribution is 2.40. The molecule has 2 aromatic heterocycles. The van der Waals surface area contributed by atoms with E-state index in [2.05, 4.69) is 5.16 Å². The lowest BCUT2D eigenvalue weighted by Crippen LogP contribution is -2.29. The first-order chi connectivity index (χ1) is 14.0. The van der Waals surface area contributed by atoms with Crippen molar-refractivity contribution in [3.63, 3.8) is 0 Å². The number of aromatic nitrogens is 1. The molecule has 0 spiro atoms. The van der Waals surface area contributed by atoms with Gasteiger partial charge in [-0.3, -0.25) is 14.5 Å². The van der Waals surface area contributed by atoms with E-state index in [1.54, 1.807) is 19.1 Å². The summed E-state index contributed by atoms with van der Waals surface area (Å²) in [7, 11) is 0. The molecule has 6 heteroatoms. The minimum atomic E-state index is -0.634. The Kier molecular flexibility index (Phi) is 3.71. The Morgan fingerprint density at radius 3 is 2.38 bits per heavy atom. The topological polar surface area (TPSA) is 76.6 Å². The van der Waals surface area contributed by atoms with E-state index < -0.39 is 11.9 Å². The Hall–Kier alpha value is -3.67. The van der Waals surface area contributed by atoms with Crippen molar-refractivity contribution in [3.05, 3.63) is 92.5 Å². The third-order valence-electron chi connectivity index (χ3n) is 5.46. The van der Waals surface area contributed by atoms with E-state index in [4.69, 9.17) is 8.94 Å². The van der Waals surface area contributed by atoms with Crippen molar-refractivity contribution in [3.8, 4) is 0 Å². The van der Waals surface area contributed by atoms with Crippen molar-refractivity contribution < 1.29 is 13.7 Å². The number of anilines is 1. The fourth-order valence-corrected chi connectivity index (χ4v) is 3.88. The number of nitrogens with zero attached hydrogens (tertiary/aromatic N) is 2. The van der Waals surface area contributed by atoms with Crippen molar-refractivity contribution in [2.75, 3.05) is 4.90 Å². The Morgan fingerprint density at radius 1 is 0.966 bits per heavy atom. The second kappa shape index (κ2) is 6.17. The van der Waals surface area contributed by atoms with Crippen LogP contribution in [0.5, 0.6) is 0 Å². The number of aryl methyl sites for hydroxylation is 3. The molecule has 0 radical (unpaired) electrons. The molecule has 0 bridgehead atoms. The SMILES string of the molecule is Cc1cc(N2C(=O)c3oc4cc(C)c(C)cc4c(=O)c3[C@H]2c2ccccc2)no1. The molecule has 5 rings (SSSR count). The smallest absolute Gasteiger partial charge is 0.296 e. The lowest BCUT2D eigenvalue weighted by atomic mass is 9.97. The fourth-order valence-electron chi connectivity index (χ4n) is 3.88. The van der Waals surface area contributed by atoms with Crippen LogP contribution in [0.4, 0.5) is 5.82 Å². The molecule has 3 heterocycles. The fraction of sp³-hybridized carbons (Fsp3) is 0.174. The second-order valence-electron chi connectivity index (χ2n) is 7.39. The third kappa shape index (κ3) is 2.52. The lowest BCUT2D eigenvalue weighted by Gasteiger charge is -2.22. The van der Waals surface area contributed by atoms with Crippen molar-refractivity contribution in [1.82, 2.24) is 5.16 Å². The van der Waals surface area contributed by atoms with Crippen molar-refractivity contribution in [2.45, 2.75) is 26.8 Å². The molecule has 0 saturated heterocycles. The van der Waals surface area contributed by atoms with Gasteiger partial charge in [-0.25, -0.2) is 0 Å². The van der Waals surface area contributed by atoms with Crippen LogP contribution in [0, 0.1) is 20.8 Å². The molecule has 1 atom stereocenters. The molecule has 29 heavy (non-hydrogen) atoms. The molecule has 4 aromatic rings. The molecule has 144 valence electrons. The van der Waals surface area contributed by atoms with Crippen LogP contribution in [0.25, 0.3) is 11.0 Å². The van der Waals surface area contributed by atoms with E-state index in [1.165, 1.54) is 4.90 Å². The van der Waals surface area contributed by atoms with Crippen molar-refractivity contribution in [1.29, 1.82) is 0 Å². The summed E-state index contributed by atoms with van der Waals surface area (Å²) in [6.45, 7) is 5.65. The van der Waals surface area contributed by atoms with Crippen LogP contribution in [-0.2, 0) is 0 Å². The van der Waals surface area contributed by atoms with E-state index in [9.17, 15) is 9.59 Å². The van der Waals surface area contributed by atoms with Crippen LogP contribution in [0.2, 0.25) is 0 Å². The van der Waals surface area contributed by atoms with Gasteiger partial charge in [-0.05, 0) is 49.6 Å². The maximum absolute atomic E-state index is 13.5. The van der Waals surface area contributed by atoms with E-state index >= 15 is 0 Å². The Labute approximate surface area is 166 Å². The van der Waals surface area contributed by atoms with Crippen molar-refractivity contribution in [2.24, 2.45) is 0 Å². The molecular formula is C23H18N2O4. The number of hydrogen-bond acceptors (Lipinski definition) is 5. The van der Waals surface area contributed by atoms with Gasteiger partial charge in [0.2, 0.25) is 5.76 Å². The lowest BCUT2D eigenvalue weighted by molar-refractivity contribution is 0.0969. The van der Waals surface area contributed by atoms with Gasteiger partial charge >= 0.3 is 0 Å². The van der Waals surface area contributed by atoms with Crippen LogP contribution < -0.4 is 10.3 Å². The molecule has 0 unspecified atom stereocenters. The Morgan fingerprint density at radius 2 is 1.69 bits per heavy atom. The number of amides is 1. The number of carbonyl (C=O) groups excluding carboxylic acids is 1.